The van der Waals surface area contributed by atoms with Crippen molar-refractivity contribution in [1.82, 2.24) is 5.32 Å². The monoisotopic (exact) mass is 283 g/mol. The zero-order valence-corrected chi connectivity index (χ0v) is 11.4. The maximum Gasteiger partial charge on any atom is 0.255 e. The Balaban J connectivity index is 1.92. The van der Waals surface area contributed by atoms with E-state index in [-0.39, 0.29) is 23.3 Å². The predicted molar refractivity (Wildman–Crippen MR) is 73.4 cm³/mol. The summed E-state index contributed by atoms with van der Waals surface area (Å²) in [5.41, 5.74) is 0.184. The number of carbonyl (C=O) groups is 1. The first-order valence-electron chi connectivity index (χ1n) is 6.51. The van der Waals surface area contributed by atoms with Gasteiger partial charge in [0.05, 0.1) is 11.7 Å². The summed E-state index contributed by atoms with van der Waals surface area (Å²) in [7, 11) is 0. The second-order valence-corrected chi connectivity index (χ2v) is 5.49. The van der Waals surface area contributed by atoms with Crippen molar-refractivity contribution in [3.63, 3.8) is 0 Å². The van der Waals surface area contributed by atoms with Gasteiger partial charge in [-0.2, -0.15) is 0 Å². The Bertz CT molecular complexity index is 464. The second kappa shape index (κ2) is 6.26. The fraction of sp³-hybridized carbons (Fsp3) is 0.500. The van der Waals surface area contributed by atoms with E-state index in [1.54, 1.807) is 0 Å². The highest BCUT2D eigenvalue weighted by molar-refractivity contribution is 6.31. The highest BCUT2D eigenvalue weighted by Crippen LogP contribution is 2.24. The van der Waals surface area contributed by atoms with Crippen LogP contribution in [0.15, 0.2) is 18.2 Å². The number of benzene rings is 1. The third kappa shape index (κ3) is 3.85. The first-order valence-corrected chi connectivity index (χ1v) is 6.89. The first kappa shape index (κ1) is 14.2. The molecule has 104 valence electrons. The number of rotatable bonds is 3. The maximum absolute atomic E-state index is 11.9. The molecule has 2 atom stereocenters. The molecule has 0 radical (unpaired) electrons. The largest absolute Gasteiger partial charge is 0.507 e. The molecule has 1 aliphatic rings. The Morgan fingerprint density at radius 3 is 2.95 bits per heavy atom. The second-order valence-electron chi connectivity index (χ2n) is 5.06. The quantitative estimate of drug-likeness (QED) is 0.797. The molecule has 19 heavy (non-hydrogen) atoms. The molecule has 4 nitrogen and oxygen atoms in total. The summed E-state index contributed by atoms with van der Waals surface area (Å²) in [5.74, 6) is -0.111. The number of aliphatic hydroxyl groups excluding tert-OH is 1. The van der Waals surface area contributed by atoms with Gasteiger partial charge >= 0.3 is 0 Å². The SMILES string of the molecule is O=C(NCC1CCCC(O)C1)c1cc(Cl)ccc1O. The van der Waals surface area contributed by atoms with E-state index in [2.05, 4.69) is 5.32 Å². The van der Waals surface area contributed by atoms with Crippen molar-refractivity contribution in [3.05, 3.63) is 28.8 Å². The van der Waals surface area contributed by atoms with E-state index >= 15 is 0 Å². The molecule has 1 aliphatic carbocycles. The molecule has 1 saturated carbocycles. The lowest BCUT2D eigenvalue weighted by Crippen LogP contribution is -2.33. The predicted octanol–water partition coefficient (Wildman–Crippen LogP) is 2.33. The van der Waals surface area contributed by atoms with E-state index in [0.29, 0.717) is 17.5 Å². The highest BCUT2D eigenvalue weighted by Gasteiger charge is 2.21. The molecule has 2 unspecified atom stereocenters. The summed E-state index contributed by atoms with van der Waals surface area (Å²) in [6, 6.07) is 4.38. The van der Waals surface area contributed by atoms with Crippen LogP contribution in [-0.2, 0) is 0 Å². The van der Waals surface area contributed by atoms with E-state index in [1.807, 2.05) is 0 Å². The summed E-state index contributed by atoms with van der Waals surface area (Å²) >= 11 is 5.80. The van der Waals surface area contributed by atoms with Crippen LogP contribution in [0.2, 0.25) is 5.02 Å². The zero-order chi connectivity index (χ0) is 13.8. The van der Waals surface area contributed by atoms with Crippen LogP contribution in [0.3, 0.4) is 0 Å². The smallest absolute Gasteiger partial charge is 0.255 e. The van der Waals surface area contributed by atoms with Crippen LogP contribution in [0.5, 0.6) is 5.75 Å². The van der Waals surface area contributed by atoms with Crippen molar-refractivity contribution in [2.45, 2.75) is 31.8 Å². The van der Waals surface area contributed by atoms with Crippen LogP contribution in [0.4, 0.5) is 0 Å². The van der Waals surface area contributed by atoms with Gasteiger partial charge in [0, 0.05) is 11.6 Å². The van der Waals surface area contributed by atoms with Gasteiger partial charge in [0.15, 0.2) is 0 Å². The van der Waals surface area contributed by atoms with E-state index in [4.69, 9.17) is 11.6 Å². The lowest BCUT2D eigenvalue weighted by Gasteiger charge is -2.25. The number of nitrogens with one attached hydrogen (secondary N) is 1. The Morgan fingerprint density at radius 2 is 2.21 bits per heavy atom. The Kier molecular flexibility index (Phi) is 4.66. The summed E-state index contributed by atoms with van der Waals surface area (Å²) < 4.78 is 0. The molecule has 0 spiro atoms. The standard InChI is InChI=1S/C14H18ClNO3/c15-10-4-5-13(18)12(7-10)14(19)16-8-9-2-1-3-11(17)6-9/h4-5,7,9,11,17-18H,1-3,6,8H2,(H,16,19). The van der Waals surface area contributed by atoms with Crippen LogP contribution in [0.1, 0.15) is 36.0 Å². The molecule has 1 aromatic rings. The molecule has 0 heterocycles. The van der Waals surface area contributed by atoms with Crippen molar-refractivity contribution in [2.24, 2.45) is 5.92 Å². The van der Waals surface area contributed by atoms with Crippen molar-refractivity contribution < 1.29 is 15.0 Å². The van der Waals surface area contributed by atoms with Crippen molar-refractivity contribution in [1.29, 1.82) is 0 Å². The molecule has 0 saturated heterocycles. The van der Waals surface area contributed by atoms with E-state index in [9.17, 15) is 15.0 Å². The van der Waals surface area contributed by atoms with Gasteiger partial charge in [-0.3, -0.25) is 4.79 Å². The van der Waals surface area contributed by atoms with Gasteiger partial charge in [-0.05, 0) is 43.4 Å². The van der Waals surface area contributed by atoms with Gasteiger partial charge in [-0.1, -0.05) is 18.0 Å². The summed E-state index contributed by atoms with van der Waals surface area (Å²) in [6.45, 7) is 0.516. The highest BCUT2D eigenvalue weighted by atomic mass is 35.5. The molecule has 0 aromatic heterocycles. The number of phenols is 1. The van der Waals surface area contributed by atoms with Crippen LogP contribution in [-0.4, -0.2) is 28.8 Å². The normalized spacial score (nSPS) is 23.1. The summed E-state index contributed by atoms with van der Waals surface area (Å²) in [6.07, 6.45) is 3.32. The lowest BCUT2D eigenvalue weighted by molar-refractivity contribution is 0.0872. The average Bonchev–Trinajstić information content (AvgIpc) is 2.39. The van der Waals surface area contributed by atoms with E-state index < -0.39 is 0 Å². The number of hydrogen-bond acceptors (Lipinski definition) is 3. The number of amides is 1. The topological polar surface area (TPSA) is 69.6 Å². The molecule has 1 fully saturated rings. The number of hydrogen-bond donors (Lipinski definition) is 3. The average molecular weight is 284 g/mol. The molecule has 1 aromatic carbocycles. The van der Waals surface area contributed by atoms with Gasteiger partial charge in [0.25, 0.3) is 5.91 Å². The van der Waals surface area contributed by atoms with Crippen molar-refractivity contribution in [2.75, 3.05) is 6.54 Å². The van der Waals surface area contributed by atoms with Crippen LogP contribution >= 0.6 is 11.6 Å². The van der Waals surface area contributed by atoms with Crippen LogP contribution in [0.25, 0.3) is 0 Å². The minimum absolute atomic E-state index is 0.0782. The number of carbonyl (C=O) groups excluding carboxylic acids is 1. The lowest BCUT2D eigenvalue weighted by atomic mass is 9.87. The van der Waals surface area contributed by atoms with Crippen molar-refractivity contribution in [3.8, 4) is 5.75 Å². The Hall–Kier alpha value is -1.26. The first-order chi connectivity index (χ1) is 9.06. The van der Waals surface area contributed by atoms with Crippen LogP contribution < -0.4 is 5.32 Å². The van der Waals surface area contributed by atoms with E-state index in [1.165, 1.54) is 18.2 Å². The molecule has 1 amide bonds. The number of aromatic hydroxyl groups is 1. The van der Waals surface area contributed by atoms with Crippen molar-refractivity contribution >= 4 is 17.5 Å². The van der Waals surface area contributed by atoms with Gasteiger partial charge in [0.2, 0.25) is 0 Å². The van der Waals surface area contributed by atoms with E-state index in [0.717, 1.165) is 25.7 Å². The zero-order valence-electron chi connectivity index (χ0n) is 10.6. The summed E-state index contributed by atoms with van der Waals surface area (Å²) in [4.78, 5) is 11.9. The van der Waals surface area contributed by atoms with Crippen LogP contribution in [0, 0.1) is 5.92 Å². The molecule has 2 rings (SSSR count). The fourth-order valence-corrected chi connectivity index (χ4v) is 2.64. The third-order valence-electron chi connectivity index (χ3n) is 3.51. The summed E-state index contributed by atoms with van der Waals surface area (Å²) in [5, 5.41) is 22.4. The molecular formula is C14H18ClNO3. The molecule has 0 aliphatic heterocycles. The number of halogens is 1. The molecule has 3 N–H and O–H groups in total. The van der Waals surface area contributed by atoms with Gasteiger partial charge in [0.1, 0.15) is 5.75 Å². The minimum atomic E-state index is -0.333. The van der Waals surface area contributed by atoms with Gasteiger partial charge in [-0.25, -0.2) is 0 Å². The van der Waals surface area contributed by atoms with Gasteiger partial charge in [-0.15, -0.1) is 0 Å². The van der Waals surface area contributed by atoms with Gasteiger partial charge < -0.3 is 15.5 Å². The minimum Gasteiger partial charge on any atom is -0.507 e. The Labute approximate surface area is 117 Å². The Morgan fingerprint density at radius 1 is 1.42 bits per heavy atom. The molecular weight excluding hydrogens is 266 g/mol. The third-order valence-corrected chi connectivity index (χ3v) is 3.74. The number of aliphatic hydroxyl groups is 1. The maximum atomic E-state index is 11.9. The molecule has 0 bridgehead atoms. The number of phenolic OH excluding ortho intramolecular Hbond substituents is 1. The molecule has 5 heteroatoms. The fourth-order valence-electron chi connectivity index (χ4n) is 2.47.